The minimum atomic E-state index is 0.0127. The van der Waals surface area contributed by atoms with E-state index in [0.29, 0.717) is 23.3 Å². The number of rotatable bonds is 2. The molecule has 0 bridgehead atoms. The SMILES string of the molecule is CC(C)C1CCCN1C(=O)c1c(N)cnn1C. The van der Waals surface area contributed by atoms with Gasteiger partial charge in [-0.3, -0.25) is 9.48 Å². The summed E-state index contributed by atoms with van der Waals surface area (Å²) in [6, 6.07) is 0.330. The third kappa shape index (κ3) is 2.01. The molecule has 2 N–H and O–H groups in total. The van der Waals surface area contributed by atoms with Crippen LogP contribution in [0.5, 0.6) is 0 Å². The molecule has 1 aliphatic heterocycles. The first-order chi connectivity index (χ1) is 8.02. The fourth-order valence-corrected chi connectivity index (χ4v) is 2.59. The summed E-state index contributed by atoms with van der Waals surface area (Å²) in [6.45, 7) is 5.14. The van der Waals surface area contributed by atoms with E-state index in [1.165, 1.54) is 6.20 Å². The number of nitrogens with two attached hydrogens (primary N) is 1. The molecule has 1 fully saturated rings. The third-order valence-electron chi connectivity index (χ3n) is 3.50. The molecular weight excluding hydrogens is 216 g/mol. The molecule has 2 rings (SSSR count). The zero-order chi connectivity index (χ0) is 12.6. The van der Waals surface area contributed by atoms with Gasteiger partial charge in [-0.15, -0.1) is 0 Å². The van der Waals surface area contributed by atoms with Crippen molar-refractivity contribution in [3.63, 3.8) is 0 Å². The third-order valence-corrected chi connectivity index (χ3v) is 3.50. The first-order valence-corrected chi connectivity index (χ1v) is 6.10. The summed E-state index contributed by atoms with van der Waals surface area (Å²) in [5.41, 5.74) is 6.78. The molecular formula is C12H20N4O. The van der Waals surface area contributed by atoms with Gasteiger partial charge in [0.25, 0.3) is 5.91 Å². The average Bonchev–Trinajstić information content (AvgIpc) is 2.85. The van der Waals surface area contributed by atoms with Crippen LogP contribution >= 0.6 is 0 Å². The molecule has 5 nitrogen and oxygen atoms in total. The minimum Gasteiger partial charge on any atom is -0.396 e. The Labute approximate surface area is 102 Å². The zero-order valence-corrected chi connectivity index (χ0v) is 10.7. The lowest BCUT2D eigenvalue weighted by Gasteiger charge is -2.27. The topological polar surface area (TPSA) is 64.2 Å². The molecule has 1 amide bonds. The number of aromatic nitrogens is 2. The average molecular weight is 236 g/mol. The highest BCUT2D eigenvalue weighted by molar-refractivity contribution is 5.97. The van der Waals surface area contributed by atoms with Crippen molar-refractivity contribution in [1.82, 2.24) is 14.7 Å². The molecule has 0 aromatic carbocycles. The molecule has 0 aliphatic carbocycles. The van der Waals surface area contributed by atoms with Crippen molar-refractivity contribution in [2.45, 2.75) is 32.7 Å². The molecule has 1 saturated heterocycles. The summed E-state index contributed by atoms with van der Waals surface area (Å²) >= 11 is 0. The van der Waals surface area contributed by atoms with Gasteiger partial charge in [-0.25, -0.2) is 0 Å². The quantitative estimate of drug-likeness (QED) is 0.840. The van der Waals surface area contributed by atoms with Crippen LogP contribution in [-0.2, 0) is 7.05 Å². The lowest BCUT2D eigenvalue weighted by molar-refractivity contribution is 0.0691. The van der Waals surface area contributed by atoms with Crippen molar-refractivity contribution in [3.8, 4) is 0 Å². The van der Waals surface area contributed by atoms with Crippen LogP contribution in [0.15, 0.2) is 6.20 Å². The van der Waals surface area contributed by atoms with E-state index in [2.05, 4.69) is 18.9 Å². The Hall–Kier alpha value is -1.52. The fourth-order valence-electron chi connectivity index (χ4n) is 2.59. The zero-order valence-electron chi connectivity index (χ0n) is 10.7. The van der Waals surface area contributed by atoms with Crippen molar-refractivity contribution in [2.24, 2.45) is 13.0 Å². The van der Waals surface area contributed by atoms with E-state index in [1.54, 1.807) is 11.7 Å². The van der Waals surface area contributed by atoms with Gasteiger partial charge in [-0.1, -0.05) is 13.8 Å². The number of likely N-dealkylation sites (tertiary alicyclic amines) is 1. The van der Waals surface area contributed by atoms with Crippen LogP contribution in [-0.4, -0.2) is 33.2 Å². The lowest BCUT2D eigenvalue weighted by atomic mass is 10.0. The number of carbonyl (C=O) groups is 1. The van der Waals surface area contributed by atoms with Gasteiger partial charge in [0, 0.05) is 19.6 Å². The van der Waals surface area contributed by atoms with E-state index in [0.717, 1.165) is 19.4 Å². The van der Waals surface area contributed by atoms with Crippen LogP contribution in [0.1, 0.15) is 37.2 Å². The fraction of sp³-hybridized carbons (Fsp3) is 0.667. The Morgan fingerprint density at radius 1 is 1.59 bits per heavy atom. The molecule has 5 heteroatoms. The Kier molecular flexibility index (Phi) is 3.09. The van der Waals surface area contributed by atoms with Crippen molar-refractivity contribution in [2.75, 3.05) is 12.3 Å². The standard InChI is InChI=1S/C12H20N4O/c1-8(2)10-5-4-6-16(10)12(17)11-9(13)7-14-15(11)3/h7-8,10H,4-6,13H2,1-3H3. The second-order valence-electron chi connectivity index (χ2n) is 5.02. The van der Waals surface area contributed by atoms with Crippen LogP contribution in [0, 0.1) is 5.92 Å². The van der Waals surface area contributed by atoms with Gasteiger partial charge >= 0.3 is 0 Å². The number of amides is 1. The molecule has 1 aliphatic rings. The van der Waals surface area contributed by atoms with Gasteiger partial charge in [-0.05, 0) is 18.8 Å². The molecule has 1 aromatic heterocycles. The van der Waals surface area contributed by atoms with E-state index >= 15 is 0 Å². The molecule has 0 saturated carbocycles. The normalized spacial score (nSPS) is 20.2. The minimum absolute atomic E-state index is 0.0127. The first-order valence-electron chi connectivity index (χ1n) is 6.10. The monoisotopic (exact) mass is 236 g/mol. The van der Waals surface area contributed by atoms with E-state index in [4.69, 9.17) is 5.73 Å². The van der Waals surface area contributed by atoms with E-state index in [-0.39, 0.29) is 5.91 Å². The molecule has 2 heterocycles. The molecule has 0 spiro atoms. The van der Waals surface area contributed by atoms with Gasteiger partial charge in [-0.2, -0.15) is 5.10 Å². The Bertz CT molecular complexity index is 405. The van der Waals surface area contributed by atoms with Crippen LogP contribution < -0.4 is 5.73 Å². The first kappa shape index (κ1) is 12.0. The van der Waals surface area contributed by atoms with Gasteiger partial charge in [0.15, 0.2) is 0 Å². The number of nitrogens with zero attached hydrogens (tertiary/aromatic N) is 3. The molecule has 1 unspecified atom stereocenters. The van der Waals surface area contributed by atoms with Crippen LogP contribution in [0.25, 0.3) is 0 Å². The summed E-state index contributed by atoms with van der Waals surface area (Å²) in [5.74, 6) is 0.495. The molecule has 0 radical (unpaired) electrons. The summed E-state index contributed by atoms with van der Waals surface area (Å²) < 4.78 is 1.56. The highest BCUT2D eigenvalue weighted by Crippen LogP contribution is 2.26. The van der Waals surface area contributed by atoms with E-state index < -0.39 is 0 Å². The predicted octanol–water partition coefficient (Wildman–Crippen LogP) is 1.26. The predicted molar refractivity (Wildman–Crippen MR) is 66.5 cm³/mol. The number of aryl methyl sites for hydroxylation is 1. The van der Waals surface area contributed by atoms with Gasteiger partial charge in [0.2, 0.25) is 0 Å². The Morgan fingerprint density at radius 2 is 2.29 bits per heavy atom. The summed E-state index contributed by atoms with van der Waals surface area (Å²) in [5, 5.41) is 4.02. The molecule has 1 atom stereocenters. The van der Waals surface area contributed by atoms with Crippen molar-refractivity contribution < 1.29 is 4.79 Å². The molecule has 94 valence electrons. The maximum atomic E-state index is 12.4. The van der Waals surface area contributed by atoms with Crippen molar-refractivity contribution in [3.05, 3.63) is 11.9 Å². The van der Waals surface area contributed by atoms with Gasteiger partial charge < -0.3 is 10.6 Å². The van der Waals surface area contributed by atoms with Crippen LogP contribution in [0.3, 0.4) is 0 Å². The largest absolute Gasteiger partial charge is 0.396 e. The van der Waals surface area contributed by atoms with Gasteiger partial charge in [0.05, 0.1) is 11.9 Å². The number of anilines is 1. The number of carbonyl (C=O) groups excluding carboxylic acids is 1. The smallest absolute Gasteiger partial charge is 0.274 e. The second kappa shape index (κ2) is 4.39. The van der Waals surface area contributed by atoms with Crippen LogP contribution in [0.4, 0.5) is 5.69 Å². The van der Waals surface area contributed by atoms with Crippen molar-refractivity contribution >= 4 is 11.6 Å². The van der Waals surface area contributed by atoms with Crippen LogP contribution in [0.2, 0.25) is 0 Å². The molecule has 1 aromatic rings. The Balaban J connectivity index is 2.26. The lowest BCUT2D eigenvalue weighted by Crippen LogP contribution is -2.39. The highest BCUT2D eigenvalue weighted by Gasteiger charge is 2.33. The van der Waals surface area contributed by atoms with Gasteiger partial charge in [0.1, 0.15) is 5.69 Å². The summed E-state index contributed by atoms with van der Waals surface area (Å²) in [6.07, 6.45) is 3.70. The molecule has 17 heavy (non-hydrogen) atoms. The number of hydrogen-bond donors (Lipinski definition) is 1. The maximum absolute atomic E-state index is 12.4. The maximum Gasteiger partial charge on any atom is 0.274 e. The Morgan fingerprint density at radius 3 is 2.82 bits per heavy atom. The second-order valence-corrected chi connectivity index (χ2v) is 5.02. The highest BCUT2D eigenvalue weighted by atomic mass is 16.2. The van der Waals surface area contributed by atoms with Crippen molar-refractivity contribution in [1.29, 1.82) is 0 Å². The summed E-state index contributed by atoms with van der Waals surface area (Å²) in [4.78, 5) is 14.4. The number of nitrogen functional groups attached to an aromatic ring is 1. The van der Waals surface area contributed by atoms with E-state index in [9.17, 15) is 4.79 Å². The van der Waals surface area contributed by atoms with E-state index in [1.807, 2.05) is 4.90 Å². The summed E-state index contributed by atoms with van der Waals surface area (Å²) in [7, 11) is 1.75. The number of hydrogen-bond acceptors (Lipinski definition) is 3.